The van der Waals surface area contributed by atoms with Gasteiger partial charge in [-0.1, -0.05) is 18.2 Å². The van der Waals surface area contributed by atoms with Gasteiger partial charge in [-0.15, -0.1) is 12.6 Å². The van der Waals surface area contributed by atoms with Gasteiger partial charge in [0.25, 0.3) is 0 Å². The average Bonchev–Trinajstić information content (AvgIpc) is 2.99. The van der Waals surface area contributed by atoms with Crippen LogP contribution in [-0.2, 0) is 0 Å². The van der Waals surface area contributed by atoms with E-state index in [1.165, 1.54) is 24.0 Å². The van der Waals surface area contributed by atoms with Gasteiger partial charge in [-0.3, -0.25) is 0 Å². The van der Waals surface area contributed by atoms with Crippen LogP contribution in [0, 0.1) is 5.92 Å². The van der Waals surface area contributed by atoms with Gasteiger partial charge in [-0.05, 0) is 48.9 Å². The van der Waals surface area contributed by atoms with Crippen LogP contribution in [0.4, 0.5) is 0 Å². The smallest absolute Gasteiger partial charge is 0.0272 e. The molecule has 0 radical (unpaired) electrons. The van der Waals surface area contributed by atoms with Crippen molar-refractivity contribution < 1.29 is 0 Å². The fourth-order valence-corrected chi connectivity index (χ4v) is 1.85. The number of thiol groups is 1. The molecule has 15 heavy (non-hydrogen) atoms. The van der Waals surface area contributed by atoms with Gasteiger partial charge in [0, 0.05) is 10.9 Å². The first-order valence-corrected chi connectivity index (χ1v) is 5.88. The predicted molar refractivity (Wildman–Crippen MR) is 68.1 cm³/mol. The van der Waals surface area contributed by atoms with E-state index in [1.807, 2.05) is 13.0 Å². The van der Waals surface area contributed by atoms with Gasteiger partial charge in [-0.2, -0.15) is 0 Å². The van der Waals surface area contributed by atoms with Crippen LogP contribution in [0.2, 0.25) is 0 Å². The molecule has 0 heterocycles. The lowest BCUT2D eigenvalue weighted by molar-refractivity contribution is 0.812. The third kappa shape index (κ3) is 2.86. The van der Waals surface area contributed by atoms with Crippen LogP contribution >= 0.6 is 12.6 Å². The molecule has 0 amide bonds. The second-order valence-corrected chi connectivity index (χ2v) is 4.81. The molecule has 2 heteroatoms. The molecule has 0 bridgehead atoms. The minimum absolute atomic E-state index is 0.0657. The zero-order valence-corrected chi connectivity index (χ0v) is 9.87. The molecule has 0 saturated heterocycles. The van der Waals surface area contributed by atoms with Gasteiger partial charge in [0.1, 0.15) is 0 Å². The molecular weight excluding hydrogens is 202 g/mol. The van der Waals surface area contributed by atoms with Crippen molar-refractivity contribution in [1.29, 1.82) is 0 Å². The summed E-state index contributed by atoms with van der Waals surface area (Å²) in [5.41, 5.74) is 8.35. The summed E-state index contributed by atoms with van der Waals surface area (Å²) in [6, 6.07) is 6.23. The summed E-state index contributed by atoms with van der Waals surface area (Å²) in [5.74, 6) is 0.807. The molecule has 1 aliphatic rings. The van der Waals surface area contributed by atoms with Crippen molar-refractivity contribution in [3.8, 4) is 0 Å². The fourth-order valence-electron chi connectivity index (χ4n) is 1.64. The van der Waals surface area contributed by atoms with E-state index in [4.69, 9.17) is 5.73 Å². The van der Waals surface area contributed by atoms with Gasteiger partial charge in [-0.25, -0.2) is 0 Å². The molecule has 1 nitrogen and oxygen atoms in total. The number of hydrogen-bond acceptors (Lipinski definition) is 2. The third-order valence-electron chi connectivity index (χ3n) is 2.73. The highest BCUT2D eigenvalue weighted by molar-refractivity contribution is 7.80. The van der Waals surface area contributed by atoms with Crippen LogP contribution in [0.15, 0.2) is 29.2 Å². The molecular formula is C13H17NS. The molecule has 1 aromatic rings. The highest BCUT2D eigenvalue weighted by Gasteiger charge is 2.17. The van der Waals surface area contributed by atoms with Crippen molar-refractivity contribution in [3.05, 3.63) is 35.4 Å². The Morgan fingerprint density at radius 2 is 2.20 bits per heavy atom. The summed E-state index contributed by atoms with van der Waals surface area (Å²) in [6.07, 6.45) is 7.17. The van der Waals surface area contributed by atoms with Gasteiger partial charge in [0.2, 0.25) is 0 Å². The van der Waals surface area contributed by atoms with Crippen LogP contribution < -0.4 is 5.73 Å². The zero-order valence-electron chi connectivity index (χ0n) is 8.98. The molecule has 1 aliphatic carbocycles. The normalized spacial score (nSPS) is 18.3. The van der Waals surface area contributed by atoms with Crippen molar-refractivity contribution in [2.45, 2.75) is 30.7 Å². The molecule has 0 aliphatic heterocycles. The van der Waals surface area contributed by atoms with Crippen molar-refractivity contribution in [1.82, 2.24) is 0 Å². The summed E-state index contributed by atoms with van der Waals surface area (Å²) in [6.45, 7) is 2.01. The first kappa shape index (κ1) is 10.8. The van der Waals surface area contributed by atoms with Crippen molar-refractivity contribution in [2.75, 3.05) is 0 Å². The van der Waals surface area contributed by atoms with E-state index in [0.29, 0.717) is 0 Å². The largest absolute Gasteiger partial charge is 0.324 e. The van der Waals surface area contributed by atoms with Gasteiger partial charge in [0.15, 0.2) is 0 Å². The van der Waals surface area contributed by atoms with Crippen LogP contribution in [0.3, 0.4) is 0 Å². The van der Waals surface area contributed by atoms with Crippen molar-refractivity contribution >= 4 is 18.7 Å². The average molecular weight is 219 g/mol. The van der Waals surface area contributed by atoms with E-state index in [1.54, 1.807) is 0 Å². The molecule has 1 unspecified atom stereocenters. The topological polar surface area (TPSA) is 26.0 Å². The maximum Gasteiger partial charge on any atom is 0.0272 e. The Morgan fingerprint density at radius 1 is 1.47 bits per heavy atom. The van der Waals surface area contributed by atoms with Crippen LogP contribution in [0.25, 0.3) is 6.08 Å². The highest BCUT2D eigenvalue weighted by Crippen LogP contribution is 2.31. The van der Waals surface area contributed by atoms with E-state index in [9.17, 15) is 0 Å². The quantitative estimate of drug-likeness (QED) is 0.749. The van der Waals surface area contributed by atoms with E-state index in [0.717, 1.165) is 10.8 Å². The molecule has 1 aromatic carbocycles. The standard InChI is InChI=1S/C13H17NS/c1-9(14)13-8-12(15)7-6-11(13)5-4-10-2-3-10/h4-10,15H,2-3,14H2,1H3/b5-4+. The Kier molecular flexibility index (Phi) is 3.17. The third-order valence-corrected chi connectivity index (χ3v) is 3.01. The number of benzene rings is 1. The van der Waals surface area contributed by atoms with E-state index < -0.39 is 0 Å². The monoisotopic (exact) mass is 219 g/mol. The Balaban J connectivity index is 2.27. The SMILES string of the molecule is CC(N)c1cc(S)ccc1/C=C/C1CC1. The van der Waals surface area contributed by atoms with Crippen LogP contribution in [0.1, 0.15) is 36.9 Å². The van der Waals surface area contributed by atoms with Crippen LogP contribution in [0.5, 0.6) is 0 Å². The molecule has 1 saturated carbocycles. The number of hydrogen-bond donors (Lipinski definition) is 2. The first-order chi connectivity index (χ1) is 7.16. The summed E-state index contributed by atoms with van der Waals surface area (Å²) in [5, 5.41) is 0. The zero-order chi connectivity index (χ0) is 10.8. The van der Waals surface area contributed by atoms with E-state index >= 15 is 0 Å². The molecule has 1 atom stereocenters. The van der Waals surface area contributed by atoms with Gasteiger partial charge in [0.05, 0.1) is 0 Å². The van der Waals surface area contributed by atoms with Crippen molar-refractivity contribution in [2.24, 2.45) is 11.7 Å². The molecule has 2 N–H and O–H groups in total. The number of nitrogens with two attached hydrogens (primary N) is 1. The Morgan fingerprint density at radius 3 is 2.80 bits per heavy atom. The summed E-state index contributed by atoms with van der Waals surface area (Å²) in [7, 11) is 0. The van der Waals surface area contributed by atoms with Crippen molar-refractivity contribution in [3.63, 3.8) is 0 Å². The van der Waals surface area contributed by atoms with E-state index in [-0.39, 0.29) is 6.04 Å². The Labute approximate surface area is 96.8 Å². The van der Waals surface area contributed by atoms with Crippen LogP contribution in [-0.4, -0.2) is 0 Å². The lowest BCUT2D eigenvalue weighted by Gasteiger charge is -2.10. The molecule has 2 rings (SSSR count). The molecule has 0 aromatic heterocycles. The summed E-state index contributed by atoms with van der Waals surface area (Å²) < 4.78 is 0. The van der Waals surface area contributed by atoms with Gasteiger partial charge >= 0.3 is 0 Å². The summed E-state index contributed by atoms with van der Waals surface area (Å²) >= 11 is 4.34. The predicted octanol–water partition coefficient (Wildman–Crippen LogP) is 3.42. The first-order valence-electron chi connectivity index (χ1n) is 5.43. The maximum atomic E-state index is 5.94. The molecule has 0 spiro atoms. The van der Waals surface area contributed by atoms with E-state index in [2.05, 4.69) is 36.9 Å². The second kappa shape index (κ2) is 4.42. The molecule has 1 fully saturated rings. The Hall–Kier alpha value is -0.730. The lowest BCUT2D eigenvalue weighted by Crippen LogP contribution is -2.06. The lowest BCUT2D eigenvalue weighted by atomic mass is 10.0. The maximum absolute atomic E-state index is 5.94. The molecule has 80 valence electrons. The Bertz CT molecular complexity index is 378. The van der Waals surface area contributed by atoms with Gasteiger partial charge < -0.3 is 5.73 Å². The number of allylic oxidation sites excluding steroid dienone is 1. The minimum Gasteiger partial charge on any atom is -0.324 e. The fraction of sp³-hybridized carbons (Fsp3) is 0.385. The minimum atomic E-state index is 0.0657. The second-order valence-electron chi connectivity index (χ2n) is 4.30. The summed E-state index contributed by atoms with van der Waals surface area (Å²) in [4.78, 5) is 0.978. The highest BCUT2D eigenvalue weighted by atomic mass is 32.1. The number of rotatable bonds is 3.